The molecule has 1 saturated heterocycles. The van der Waals surface area contributed by atoms with Crippen LogP contribution in [0.4, 0.5) is 10.1 Å². The van der Waals surface area contributed by atoms with E-state index in [0.717, 1.165) is 12.1 Å². The van der Waals surface area contributed by atoms with Crippen molar-refractivity contribution in [1.82, 2.24) is 5.32 Å². The molecule has 0 amide bonds. The molecule has 7 heteroatoms. The molecule has 1 aliphatic heterocycles. The standard InChI is InChI=1S/C13H17FN2O4/c14-11-7-10(1-2-12(11)16(18)19)8-15-9-13(17)3-5-20-6-4-13/h1-2,7,15,17H,3-6,8-9H2. The second-order valence-electron chi connectivity index (χ2n) is 4.98. The van der Waals surface area contributed by atoms with Crippen LogP contribution in [-0.2, 0) is 11.3 Å². The smallest absolute Gasteiger partial charge is 0.304 e. The Labute approximate surface area is 115 Å². The summed E-state index contributed by atoms with van der Waals surface area (Å²) in [5, 5.41) is 23.8. The Balaban J connectivity index is 1.88. The lowest BCUT2D eigenvalue weighted by Gasteiger charge is -2.32. The number of hydrogen-bond donors (Lipinski definition) is 2. The molecule has 0 aliphatic carbocycles. The summed E-state index contributed by atoms with van der Waals surface area (Å²) in [5.41, 5.74) is -0.724. The summed E-state index contributed by atoms with van der Waals surface area (Å²) in [6.07, 6.45) is 1.13. The normalized spacial score (nSPS) is 17.9. The van der Waals surface area contributed by atoms with Crippen LogP contribution in [0.3, 0.4) is 0 Å². The number of nitrogens with one attached hydrogen (secondary N) is 1. The van der Waals surface area contributed by atoms with Gasteiger partial charge in [-0.1, -0.05) is 6.07 Å². The topological polar surface area (TPSA) is 84.6 Å². The molecule has 0 aromatic heterocycles. The van der Waals surface area contributed by atoms with Crippen LogP contribution >= 0.6 is 0 Å². The number of nitrogens with zero attached hydrogens (tertiary/aromatic N) is 1. The third-order valence-corrected chi connectivity index (χ3v) is 3.42. The average Bonchev–Trinajstić information content (AvgIpc) is 2.39. The van der Waals surface area contributed by atoms with Gasteiger partial charge in [-0.05, 0) is 11.6 Å². The van der Waals surface area contributed by atoms with Gasteiger partial charge >= 0.3 is 5.69 Å². The molecule has 0 radical (unpaired) electrons. The first-order valence-electron chi connectivity index (χ1n) is 6.44. The van der Waals surface area contributed by atoms with Crippen LogP contribution in [0.15, 0.2) is 18.2 Å². The van der Waals surface area contributed by atoms with Crippen molar-refractivity contribution < 1.29 is 19.2 Å². The number of nitro benzene ring substituents is 1. The molecule has 1 aromatic carbocycles. The average molecular weight is 284 g/mol. The molecule has 2 N–H and O–H groups in total. The van der Waals surface area contributed by atoms with Crippen molar-refractivity contribution in [3.8, 4) is 0 Å². The molecule has 0 unspecified atom stereocenters. The minimum absolute atomic E-state index is 0.345. The predicted octanol–water partition coefficient (Wildman–Crippen LogP) is 1.36. The van der Waals surface area contributed by atoms with Gasteiger partial charge in [0.15, 0.2) is 0 Å². The van der Waals surface area contributed by atoms with Crippen LogP contribution in [0.2, 0.25) is 0 Å². The predicted molar refractivity (Wildman–Crippen MR) is 69.8 cm³/mol. The van der Waals surface area contributed by atoms with E-state index in [9.17, 15) is 19.6 Å². The fraction of sp³-hybridized carbons (Fsp3) is 0.538. The highest BCUT2D eigenvalue weighted by atomic mass is 19.1. The fourth-order valence-corrected chi connectivity index (χ4v) is 2.18. The van der Waals surface area contributed by atoms with Crippen molar-refractivity contribution in [3.05, 3.63) is 39.7 Å². The van der Waals surface area contributed by atoms with Crippen molar-refractivity contribution in [3.63, 3.8) is 0 Å². The fourth-order valence-electron chi connectivity index (χ4n) is 2.18. The van der Waals surface area contributed by atoms with Crippen molar-refractivity contribution >= 4 is 5.69 Å². The van der Waals surface area contributed by atoms with Crippen LogP contribution in [0.5, 0.6) is 0 Å². The molecule has 1 aromatic rings. The molecule has 20 heavy (non-hydrogen) atoms. The Hall–Kier alpha value is -1.57. The summed E-state index contributed by atoms with van der Waals surface area (Å²) in [6, 6.07) is 3.79. The van der Waals surface area contributed by atoms with E-state index in [1.54, 1.807) is 0 Å². The highest BCUT2D eigenvalue weighted by Gasteiger charge is 2.29. The molecule has 1 heterocycles. The first-order valence-corrected chi connectivity index (χ1v) is 6.44. The van der Waals surface area contributed by atoms with Crippen LogP contribution in [0.25, 0.3) is 0 Å². The van der Waals surface area contributed by atoms with Gasteiger partial charge in [0, 0.05) is 45.2 Å². The van der Waals surface area contributed by atoms with Gasteiger partial charge in [-0.15, -0.1) is 0 Å². The molecule has 0 atom stereocenters. The van der Waals surface area contributed by atoms with E-state index in [2.05, 4.69) is 5.32 Å². The third kappa shape index (κ3) is 3.72. The van der Waals surface area contributed by atoms with Crippen molar-refractivity contribution in [2.75, 3.05) is 19.8 Å². The lowest BCUT2D eigenvalue weighted by atomic mass is 9.94. The van der Waals surface area contributed by atoms with E-state index in [0.29, 0.717) is 44.7 Å². The Kier molecular flexibility index (Phi) is 4.64. The number of rotatable bonds is 5. The van der Waals surface area contributed by atoms with Gasteiger partial charge in [0.1, 0.15) is 0 Å². The third-order valence-electron chi connectivity index (χ3n) is 3.42. The number of aliphatic hydroxyl groups is 1. The Bertz CT molecular complexity index is 489. The molecule has 1 fully saturated rings. The minimum atomic E-state index is -0.848. The molecule has 0 saturated carbocycles. The summed E-state index contributed by atoms with van der Waals surface area (Å²) in [5.74, 6) is -0.848. The van der Waals surface area contributed by atoms with E-state index in [-0.39, 0.29) is 0 Å². The van der Waals surface area contributed by atoms with E-state index < -0.39 is 22.0 Å². The highest BCUT2D eigenvalue weighted by molar-refractivity contribution is 5.34. The largest absolute Gasteiger partial charge is 0.388 e. The SMILES string of the molecule is O=[N+]([O-])c1ccc(CNCC2(O)CCOCC2)cc1F. The lowest BCUT2D eigenvalue weighted by molar-refractivity contribution is -0.387. The second-order valence-corrected chi connectivity index (χ2v) is 4.98. The lowest BCUT2D eigenvalue weighted by Crippen LogP contribution is -2.44. The maximum atomic E-state index is 13.4. The zero-order valence-corrected chi connectivity index (χ0v) is 11.0. The summed E-state index contributed by atoms with van der Waals surface area (Å²) in [6.45, 7) is 1.79. The number of nitro groups is 1. The maximum absolute atomic E-state index is 13.4. The highest BCUT2D eigenvalue weighted by Crippen LogP contribution is 2.20. The van der Waals surface area contributed by atoms with Crippen molar-refractivity contribution in [2.45, 2.75) is 25.0 Å². The first-order chi connectivity index (χ1) is 9.50. The molecular weight excluding hydrogens is 267 g/mol. The summed E-state index contributed by atoms with van der Waals surface area (Å²) >= 11 is 0. The Morgan fingerprint density at radius 1 is 1.45 bits per heavy atom. The Morgan fingerprint density at radius 2 is 2.15 bits per heavy atom. The molecule has 0 bridgehead atoms. The quantitative estimate of drug-likeness (QED) is 0.630. The number of ether oxygens (including phenoxy) is 1. The van der Waals surface area contributed by atoms with Crippen LogP contribution < -0.4 is 5.32 Å². The van der Waals surface area contributed by atoms with Gasteiger partial charge in [0.25, 0.3) is 0 Å². The van der Waals surface area contributed by atoms with Crippen LogP contribution in [0, 0.1) is 15.9 Å². The molecule has 2 rings (SSSR count). The second kappa shape index (κ2) is 6.25. The molecule has 110 valence electrons. The van der Waals surface area contributed by atoms with E-state index in [4.69, 9.17) is 4.74 Å². The van der Waals surface area contributed by atoms with Gasteiger partial charge in [0.2, 0.25) is 5.82 Å². The molecule has 6 nitrogen and oxygen atoms in total. The van der Waals surface area contributed by atoms with Gasteiger partial charge < -0.3 is 15.2 Å². The number of halogens is 1. The van der Waals surface area contributed by atoms with Crippen LogP contribution in [0.1, 0.15) is 18.4 Å². The summed E-state index contributed by atoms with van der Waals surface area (Å²) < 4.78 is 18.6. The van der Waals surface area contributed by atoms with Crippen molar-refractivity contribution in [1.29, 1.82) is 0 Å². The van der Waals surface area contributed by atoms with E-state index in [1.807, 2.05) is 0 Å². The summed E-state index contributed by atoms with van der Waals surface area (Å²) in [7, 11) is 0. The monoisotopic (exact) mass is 284 g/mol. The molecular formula is C13H17FN2O4. The maximum Gasteiger partial charge on any atom is 0.304 e. The number of benzene rings is 1. The van der Waals surface area contributed by atoms with Crippen LogP contribution in [-0.4, -0.2) is 35.4 Å². The number of hydrogen-bond acceptors (Lipinski definition) is 5. The zero-order chi connectivity index (χ0) is 14.6. The van der Waals surface area contributed by atoms with Crippen molar-refractivity contribution in [2.24, 2.45) is 0 Å². The Morgan fingerprint density at radius 3 is 2.75 bits per heavy atom. The van der Waals surface area contributed by atoms with E-state index in [1.165, 1.54) is 6.07 Å². The van der Waals surface area contributed by atoms with Gasteiger partial charge in [-0.3, -0.25) is 10.1 Å². The summed E-state index contributed by atoms with van der Waals surface area (Å²) in [4.78, 5) is 9.75. The van der Waals surface area contributed by atoms with E-state index >= 15 is 0 Å². The van der Waals surface area contributed by atoms with Gasteiger partial charge in [0.05, 0.1) is 10.5 Å². The zero-order valence-electron chi connectivity index (χ0n) is 11.0. The molecule has 0 spiro atoms. The minimum Gasteiger partial charge on any atom is -0.388 e. The van der Waals surface area contributed by atoms with Gasteiger partial charge in [-0.25, -0.2) is 0 Å². The first kappa shape index (κ1) is 14.8. The molecule has 1 aliphatic rings. The van der Waals surface area contributed by atoms with Gasteiger partial charge in [-0.2, -0.15) is 4.39 Å².